The van der Waals surface area contributed by atoms with Crippen molar-refractivity contribution in [2.75, 3.05) is 7.05 Å². The predicted octanol–water partition coefficient (Wildman–Crippen LogP) is 5.21. The van der Waals surface area contributed by atoms with E-state index < -0.39 is 0 Å². The van der Waals surface area contributed by atoms with Crippen molar-refractivity contribution < 1.29 is 5.32 Å². The highest BCUT2D eigenvalue weighted by atomic mass is 79.9. The summed E-state index contributed by atoms with van der Waals surface area (Å²) in [6.45, 7) is 6.29. The minimum absolute atomic E-state index is 0.0403. The monoisotopic (exact) mass is 370 g/mol. The maximum absolute atomic E-state index is 3.97. The first-order valence-corrected chi connectivity index (χ1v) is 8.80. The number of halogens is 1. The Kier molecular flexibility index (Phi) is 6.37. The van der Waals surface area contributed by atoms with Crippen LogP contribution in [0.1, 0.15) is 30.9 Å². The van der Waals surface area contributed by atoms with Crippen LogP contribution >= 0.6 is 15.9 Å². The molecule has 0 fully saturated rings. The molecule has 0 aromatic heterocycles. The second kappa shape index (κ2) is 8.28. The van der Waals surface area contributed by atoms with Crippen LogP contribution in [0.2, 0.25) is 0 Å². The summed E-state index contributed by atoms with van der Waals surface area (Å²) in [5.41, 5.74) is 3.95. The maximum atomic E-state index is 3.97. The number of nitrogens with two attached hydrogens (primary N) is 1. The molecule has 0 bridgehead atoms. The molecule has 0 aliphatic carbocycles. The van der Waals surface area contributed by atoms with E-state index in [1.807, 2.05) is 12.1 Å². The minimum atomic E-state index is 0.0403. The minimum Gasteiger partial charge on any atom is -0.316 e. The van der Waals surface area contributed by atoms with Crippen molar-refractivity contribution in [3.05, 3.63) is 82.9 Å². The van der Waals surface area contributed by atoms with E-state index in [1.165, 1.54) is 16.8 Å². The smallest absolute Gasteiger partial charge is 0.133 e. The molecule has 0 aliphatic rings. The second-order valence-electron chi connectivity index (χ2n) is 6.09. The molecule has 23 heavy (non-hydrogen) atoms. The van der Waals surface area contributed by atoms with Crippen LogP contribution in [-0.2, 0) is 5.41 Å². The van der Waals surface area contributed by atoms with Crippen LogP contribution in [-0.4, -0.2) is 7.05 Å². The fourth-order valence-electron chi connectivity index (χ4n) is 2.94. The third-order valence-corrected chi connectivity index (χ3v) is 4.74. The lowest BCUT2D eigenvalue weighted by Gasteiger charge is -2.29. The van der Waals surface area contributed by atoms with Gasteiger partial charge in [-0.2, -0.15) is 0 Å². The highest BCUT2D eigenvalue weighted by molar-refractivity contribution is 9.10. The lowest BCUT2D eigenvalue weighted by Crippen LogP contribution is -2.73. The van der Waals surface area contributed by atoms with Crippen molar-refractivity contribution >= 4 is 27.7 Å². The summed E-state index contributed by atoms with van der Waals surface area (Å²) in [7, 11) is 2.10. The zero-order chi connectivity index (χ0) is 16.7. The third-order valence-electron chi connectivity index (χ3n) is 4.25. The molecule has 0 amide bonds. The molecule has 1 nitrogen and oxygen atoms in total. The summed E-state index contributed by atoms with van der Waals surface area (Å²) in [6, 6.07) is 17.0. The lowest BCUT2D eigenvalue weighted by molar-refractivity contribution is -0.540. The largest absolute Gasteiger partial charge is 0.316 e. The van der Waals surface area contributed by atoms with Gasteiger partial charge in [-0.25, -0.2) is 0 Å². The number of allylic oxidation sites excluding steroid dienone is 2. The van der Waals surface area contributed by atoms with E-state index in [0.717, 1.165) is 17.3 Å². The van der Waals surface area contributed by atoms with E-state index in [4.69, 9.17) is 0 Å². The van der Waals surface area contributed by atoms with Gasteiger partial charge in [0.05, 0.1) is 7.05 Å². The average molecular weight is 371 g/mol. The molecular weight excluding hydrogens is 346 g/mol. The van der Waals surface area contributed by atoms with Crippen LogP contribution in [0.4, 0.5) is 5.69 Å². The molecule has 2 rings (SSSR count). The first kappa shape index (κ1) is 17.7. The first-order chi connectivity index (χ1) is 11.1. The Morgan fingerprint density at radius 1 is 1.13 bits per heavy atom. The molecule has 2 N–H and O–H groups in total. The number of hydrogen-bond donors (Lipinski definition) is 1. The Bertz CT molecular complexity index is 675. The Labute approximate surface area is 148 Å². The van der Waals surface area contributed by atoms with Crippen LogP contribution in [0.15, 0.2) is 71.7 Å². The number of quaternary nitrogens is 1. The van der Waals surface area contributed by atoms with Crippen LogP contribution in [0, 0.1) is 0 Å². The molecule has 2 heteroatoms. The van der Waals surface area contributed by atoms with Gasteiger partial charge in [0.15, 0.2) is 0 Å². The molecule has 0 saturated heterocycles. The maximum Gasteiger partial charge on any atom is 0.133 e. The van der Waals surface area contributed by atoms with Crippen molar-refractivity contribution in [3.63, 3.8) is 0 Å². The van der Waals surface area contributed by atoms with Crippen LogP contribution < -0.4 is 5.32 Å². The zero-order valence-corrected chi connectivity index (χ0v) is 15.5. The van der Waals surface area contributed by atoms with Gasteiger partial charge in [-0.3, -0.25) is 0 Å². The first-order valence-electron chi connectivity index (χ1n) is 8.01. The van der Waals surface area contributed by atoms with E-state index in [9.17, 15) is 0 Å². The number of benzene rings is 2. The average Bonchev–Trinajstić information content (AvgIpc) is 2.56. The normalized spacial score (nSPS) is 13.9. The lowest BCUT2D eigenvalue weighted by atomic mass is 9.75. The van der Waals surface area contributed by atoms with Crippen molar-refractivity contribution in [3.8, 4) is 0 Å². The molecule has 0 radical (unpaired) electrons. The summed E-state index contributed by atoms with van der Waals surface area (Å²) in [4.78, 5) is 0. The topological polar surface area (TPSA) is 16.6 Å². The van der Waals surface area contributed by atoms with Gasteiger partial charge in [0.2, 0.25) is 0 Å². The standard InChI is InChI=1S/C21H24BrN/c1-4-14-21(2,15-8-11-17-9-6-5-7-10-17)19-16-18(22)12-13-20(19)23-3/h4-13,16,23H,1,14-15H2,2-3H3/p+1/b11-8+. The van der Waals surface area contributed by atoms with E-state index in [1.54, 1.807) is 0 Å². The molecule has 1 atom stereocenters. The van der Waals surface area contributed by atoms with Crippen molar-refractivity contribution in [1.29, 1.82) is 0 Å². The molecule has 0 aliphatic heterocycles. The quantitative estimate of drug-likeness (QED) is 0.508. The van der Waals surface area contributed by atoms with E-state index in [0.29, 0.717) is 0 Å². The van der Waals surface area contributed by atoms with Gasteiger partial charge >= 0.3 is 0 Å². The molecule has 2 aromatic carbocycles. The summed E-state index contributed by atoms with van der Waals surface area (Å²) in [6.07, 6.45) is 8.43. The summed E-state index contributed by atoms with van der Waals surface area (Å²) in [5.74, 6) is 0. The Hall–Kier alpha value is -1.64. The van der Waals surface area contributed by atoms with Gasteiger partial charge < -0.3 is 5.32 Å². The van der Waals surface area contributed by atoms with Gasteiger partial charge in [0, 0.05) is 21.5 Å². The van der Waals surface area contributed by atoms with Crippen molar-refractivity contribution in [1.82, 2.24) is 0 Å². The number of hydrogen-bond acceptors (Lipinski definition) is 0. The van der Waals surface area contributed by atoms with Gasteiger partial charge in [-0.1, -0.05) is 71.4 Å². The predicted molar refractivity (Wildman–Crippen MR) is 104 cm³/mol. The Balaban J connectivity index is 2.30. The molecule has 120 valence electrons. The van der Waals surface area contributed by atoms with E-state index in [2.05, 4.69) is 96.4 Å². The molecular formula is C21H25BrN+. The van der Waals surface area contributed by atoms with Crippen LogP contribution in [0.25, 0.3) is 6.08 Å². The van der Waals surface area contributed by atoms with Gasteiger partial charge in [-0.15, -0.1) is 6.58 Å². The fourth-order valence-corrected chi connectivity index (χ4v) is 3.31. The highest BCUT2D eigenvalue weighted by Crippen LogP contribution is 2.37. The molecule has 2 aromatic rings. The van der Waals surface area contributed by atoms with Crippen molar-refractivity contribution in [2.45, 2.75) is 25.2 Å². The van der Waals surface area contributed by atoms with E-state index >= 15 is 0 Å². The van der Waals surface area contributed by atoms with Crippen molar-refractivity contribution in [2.24, 2.45) is 0 Å². The summed E-state index contributed by atoms with van der Waals surface area (Å²) >= 11 is 3.62. The van der Waals surface area contributed by atoms with Crippen LogP contribution in [0.3, 0.4) is 0 Å². The summed E-state index contributed by atoms with van der Waals surface area (Å²) in [5, 5.41) is 2.18. The highest BCUT2D eigenvalue weighted by Gasteiger charge is 2.28. The summed E-state index contributed by atoms with van der Waals surface area (Å²) < 4.78 is 1.13. The Morgan fingerprint density at radius 2 is 1.87 bits per heavy atom. The fraction of sp³-hybridized carbons (Fsp3) is 0.238. The van der Waals surface area contributed by atoms with Gasteiger partial charge in [0.25, 0.3) is 0 Å². The molecule has 0 spiro atoms. The molecule has 0 saturated carbocycles. The van der Waals surface area contributed by atoms with Gasteiger partial charge in [0.1, 0.15) is 5.69 Å². The van der Waals surface area contributed by atoms with Crippen LogP contribution in [0.5, 0.6) is 0 Å². The van der Waals surface area contributed by atoms with Gasteiger partial charge in [-0.05, 0) is 30.5 Å². The third kappa shape index (κ3) is 4.66. The Morgan fingerprint density at radius 3 is 2.52 bits per heavy atom. The SMILES string of the molecule is C=CCC(C)(C/C=C/c1ccccc1)c1cc(Br)ccc1[NH2+]C. The second-order valence-corrected chi connectivity index (χ2v) is 7.01. The zero-order valence-electron chi connectivity index (χ0n) is 13.9. The molecule has 1 unspecified atom stereocenters. The number of rotatable bonds is 7. The van der Waals surface area contributed by atoms with E-state index in [-0.39, 0.29) is 5.41 Å². The molecule has 0 heterocycles.